The summed E-state index contributed by atoms with van der Waals surface area (Å²) in [5.74, 6) is -0.542. The van der Waals surface area contributed by atoms with Gasteiger partial charge in [-0.1, -0.05) is 12.1 Å². The van der Waals surface area contributed by atoms with E-state index in [2.05, 4.69) is 15.3 Å². The van der Waals surface area contributed by atoms with Gasteiger partial charge in [-0.25, -0.2) is 9.97 Å². The van der Waals surface area contributed by atoms with E-state index >= 15 is 0 Å². The number of carbonyl (C=O) groups excluding carboxylic acids is 2. The molecule has 2 atom stereocenters. The summed E-state index contributed by atoms with van der Waals surface area (Å²) < 4.78 is 29.9. The van der Waals surface area contributed by atoms with E-state index in [-0.39, 0.29) is 24.9 Å². The van der Waals surface area contributed by atoms with Crippen LogP contribution in [0.2, 0.25) is 0 Å². The molecule has 13 heteroatoms. The maximum atomic E-state index is 13.2. The van der Waals surface area contributed by atoms with Crippen LogP contribution < -0.4 is 5.32 Å². The fourth-order valence-corrected chi connectivity index (χ4v) is 7.47. The summed E-state index contributed by atoms with van der Waals surface area (Å²) in [4.78, 5) is 35.4. The number of aromatic nitrogens is 2. The minimum atomic E-state index is -3.91. The molecular weight excluding hydrogens is 484 g/mol. The minimum Gasteiger partial charge on any atom is -0.331 e. The van der Waals surface area contributed by atoms with Crippen LogP contribution >= 0.6 is 22.7 Å². The summed E-state index contributed by atoms with van der Waals surface area (Å²) in [5, 5.41) is 5.56. The maximum absolute atomic E-state index is 13.2. The zero-order valence-electron chi connectivity index (χ0n) is 17.7. The van der Waals surface area contributed by atoms with E-state index in [0.29, 0.717) is 24.6 Å². The number of thiazole rings is 2. The van der Waals surface area contributed by atoms with E-state index < -0.39 is 22.2 Å². The third kappa shape index (κ3) is 4.26. The first-order valence-electron chi connectivity index (χ1n) is 10.4. The monoisotopic (exact) mass is 506 g/mol. The average molecular weight is 507 g/mol. The van der Waals surface area contributed by atoms with Crippen LogP contribution in [0, 0.1) is 0 Å². The number of hydrogen-bond acceptors (Lipinski definition) is 8. The van der Waals surface area contributed by atoms with Crippen molar-refractivity contribution in [3.05, 3.63) is 40.8 Å². The van der Waals surface area contributed by atoms with Gasteiger partial charge in [-0.05, 0) is 18.6 Å². The highest BCUT2D eigenvalue weighted by Crippen LogP contribution is 2.36. The molecule has 2 amide bonds. The van der Waals surface area contributed by atoms with Gasteiger partial charge in [0.15, 0.2) is 5.13 Å². The smallest absolute Gasteiger partial charge is 0.282 e. The molecule has 10 nitrogen and oxygen atoms in total. The molecule has 33 heavy (non-hydrogen) atoms. The number of nitrogens with one attached hydrogen (secondary N) is 1. The van der Waals surface area contributed by atoms with Gasteiger partial charge in [0.05, 0.1) is 35.4 Å². The molecule has 2 aliphatic rings. The molecule has 0 unspecified atom stereocenters. The Balaban J connectivity index is 1.27. The Labute approximate surface area is 199 Å². The number of hydrogen-bond donors (Lipinski definition) is 1. The highest BCUT2D eigenvalue weighted by molar-refractivity contribution is 7.86. The molecule has 0 bridgehead atoms. The van der Waals surface area contributed by atoms with Crippen LogP contribution in [0.5, 0.6) is 0 Å². The summed E-state index contributed by atoms with van der Waals surface area (Å²) in [7, 11) is -2.54. The van der Waals surface area contributed by atoms with E-state index in [1.807, 2.05) is 24.3 Å². The van der Waals surface area contributed by atoms with Crippen LogP contribution in [0.15, 0.2) is 35.8 Å². The third-order valence-electron chi connectivity index (χ3n) is 5.94. The predicted molar refractivity (Wildman–Crippen MR) is 126 cm³/mol. The first kappa shape index (κ1) is 22.3. The minimum absolute atomic E-state index is 0.0756. The number of fused-ring (bicyclic) bond motifs is 2. The van der Waals surface area contributed by atoms with E-state index in [1.165, 1.54) is 22.7 Å². The number of anilines is 1. The Morgan fingerprint density at radius 2 is 2.12 bits per heavy atom. The van der Waals surface area contributed by atoms with E-state index in [9.17, 15) is 18.0 Å². The normalized spacial score (nSPS) is 21.3. The molecule has 4 heterocycles. The Morgan fingerprint density at radius 3 is 2.88 bits per heavy atom. The first-order valence-corrected chi connectivity index (χ1v) is 13.5. The van der Waals surface area contributed by atoms with E-state index in [0.717, 1.165) is 19.5 Å². The van der Waals surface area contributed by atoms with Crippen LogP contribution in [0.3, 0.4) is 0 Å². The Hall–Kier alpha value is -2.45. The molecule has 2 saturated heterocycles. The van der Waals surface area contributed by atoms with Crippen LogP contribution in [0.4, 0.5) is 5.13 Å². The van der Waals surface area contributed by atoms with Crippen molar-refractivity contribution in [3.8, 4) is 0 Å². The van der Waals surface area contributed by atoms with Crippen molar-refractivity contribution in [1.82, 2.24) is 23.5 Å². The number of benzene rings is 1. The summed E-state index contributed by atoms with van der Waals surface area (Å²) in [5.41, 5.74) is 0.897. The van der Waals surface area contributed by atoms with Crippen LogP contribution in [0.25, 0.3) is 10.2 Å². The van der Waals surface area contributed by atoms with E-state index in [4.69, 9.17) is 0 Å². The average Bonchev–Trinajstić information content (AvgIpc) is 3.54. The number of likely N-dealkylation sites (tertiary alicyclic amines) is 1. The first-order chi connectivity index (χ1) is 15.8. The molecule has 2 aromatic heterocycles. The highest BCUT2D eigenvalue weighted by Gasteiger charge is 2.51. The number of likely N-dealkylation sites (N-methyl/N-ethyl adjacent to an activating group) is 1. The van der Waals surface area contributed by atoms with Crippen molar-refractivity contribution >= 4 is 60.0 Å². The lowest BCUT2D eigenvalue weighted by atomic mass is 10.1. The molecule has 5 rings (SSSR count). The van der Waals surface area contributed by atoms with Crippen LogP contribution in [-0.2, 0) is 26.3 Å². The van der Waals surface area contributed by atoms with Gasteiger partial charge in [0, 0.05) is 31.6 Å². The van der Waals surface area contributed by atoms with Crippen molar-refractivity contribution in [3.63, 3.8) is 0 Å². The second kappa shape index (κ2) is 8.72. The van der Waals surface area contributed by atoms with Gasteiger partial charge in [-0.3, -0.25) is 9.59 Å². The van der Waals surface area contributed by atoms with Gasteiger partial charge in [-0.15, -0.1) is 22.7 Å². The molecule has 0 spiro atoms. The lowest BCUT2D eigenvalue weighted by Crippen LogP contribution is -2.47. The van der Waals surface area contributed by atoms with Crippen LogP contribution in [-0.4, -0.2) is 75.9 Å². The highest BCUT2D eigenvalue weighted by atomic mass is 32.2. The zero-order valence-corrected chi connectivity index (χ0v) is 20.2. The van der Waals surface area contributed by atoms with Gasteiger partial charge in [0.1, 0.15) is 5.01 Å². The third-order valence-corrected chi connectivity index (χ3v) is 9.62. The van der Waals surface area contributed by atoms with Crippen LogP contribution in [0.1, 0.15) is 17.8 Å². The molecule has 1 aromatic carbocycles. The van der Waals surface area contributed by atoms with Gasteiger partial charge in [-0.2, -0.15) is 17.0 Å². The lowest BCUT2D eigenvalue weighted by Gasteiger charge is -2.28. The number of para-hydroxylation sites is 1. The second-order valence-corrected chi connectivity index (χ2v) is 12.0. The van der Waals surface area contributed by atoms with Gasteiger partial charge in [0.2, 0.25) is 11.8 Å². The Bertz CT molecular complexity index is 1260. The van der Waals surface area contributed by atoms with Gasteiger partial charge in [0.25, 0.3) is 10.2 Å². The predicted octanol–water partition coefficient (Wildman–Crippen LogP) is 1.74. The number of amides is 2. The molecule has 0 aliphatic carbocycles. The number of carbonyl (C=O) groups is 2. The fraction of sp³-hybridized carbons (Fsp3) is 0.400. The molecular formula is C20H22N6O4S3. The van der Waals surface area contributed by atoms with Crippen molar-refractivity contribution < 1.29 is 18.0 Å². The molecule has 2 fully saturated rings. The Kier molecular flexibility index (Phi) is 5.91. The lowest BCUT2D eigenvalue weighted by molar-refractivity contribution is -0.129. The number of nitrogens with zero attached hydrogens (tertiary/aromatic N) is 5. The topological polar surface area (TPSA) is 116 Å². The Morgan fingerprint density at radius 1 is 1.30 bits per heavy atom. The molecule has 1 N–H and O–H groups in total. The summed E-state index contributed by atoms with van der Waals surface area (Å²) in [6.45, 7) is 0.345. The molecule has 0 saturated carbocycles. The number of rotatable bonds is 7. The SMILES string of the molecule is CN(CC(=O)Nc1nccs1)S(=O)(=O)N1CC[C@H]2[C@H]1CC(=O)N2Cc1nc2ccccc2s1. The summed E-state index contributed by atoms with van der Waals surface area (Å²) in [6.07, 6.45) is 2.25. The second-order valence-electron chi connectivity index (χ2n) is 7.98. The van der Waals surface area contributed by atoms with Gasteiger partial charge < -0.3 is 10.2 Å². The van der Waals surface area contributed by atoms with Crippen molar-refractivity contribution in [1.29, 1.82) is 0 Å². The standard InChI is InChI=1S/C20H22N6O4S3/c1-24(11-17(27)23-20-21-7-9-31-20)33(29,30)26-8-6-14-15(26)10-19(28)25(14)12-18-22-13-4-2-3-5-16(13)32-18/h2-5,7,9,14-15H,6,8,10-12H2,1H3,(H,21,23,27)/t14-,15+/m0/s1. The molecule has 2 aliphatic heterocycles. The van der Waals surface area contributed by atoms with Crippen molar-refractivity contribution in [2.45, 2.75) is 31.5 Å². The quantitative estimate of drug-likeness (QED) is 0.522. The molecule has 3 aromatic rings. The van der Waals surface area contributed by atoms with Crippen molar-refractivity contribution in [2.24, 2.45) is 0 Å². The van der Waals surface area contributed by atoms with E-state index in [1.54, 1.807) is 27.8 Å². The zero-order chi connectivity index (χ0) is 23.2. The van der Waals surface area contributed by atoms with Crippen molar-refractivity contribution in [2.75, 3.05) is 25.5 Å². The maximum Gasteiger partial charge on any atom is 0.282 e. The molecule has 174 valence electrons. The largest absolute Gasteiger partial charge is 0.331 e. The summed E-state index contributed by atoms with van der Waals surface area (Å²) >= 11 is 2.80. The van der Waals surface area contributed by atoms with Gasteiger partial charge >= 0.3 is 0 Å². The molecule has 0 radical (unpaired) electrons. The fourth-order valence-electron chi connectivity index (χ4n) is 4.42. The summed E-state index contributed by atoms with van der Waals surface area (Å²) in [6, 6.07) is 7.17.